The van der Waals surface area contributed by atoms with Crippen LogP contribution in [0.5, 0.6) is 0 Å². The molecule has 0 saturated carbocycles. The van der Waals surface area contributed by atoms with Crippen LogP contribution in [0.3, 0.4) is 0 Å². The Morgan fingerprint density at radius 2 is 2.00 bits per heavy atom. The van der Waals surface area contributed by atoms with Gasteiger partial charge in [-0.2, -0.15) is 0 Å². The number of amides is 1. The van der Waals surface area contributed by atoms with Gasteiger partial charge in [-0.1, -0.05) is 6.07 Å². The molecule has 0 bridgehead atoms. The maximum absolute atomic E-state index is 13.9. The fraction of sp³-hybridized carbons (Fsp3) is 0.500. The van der Waals surface area contributed by atoms with Crippen LogP contribution < -0.4 is 5.73 Å². The minimum Gasteiger partial charge on any atom is -0.338 e. The summed E-state index contributed by atoms with van der Waals surface area (Å²) in [6, 6.07) is 2.47. The molecule has 0 aromatic heterocycles. The first-order valence-electron chi connectivity index (χ1n) is 6.48. The van der Waals surface area contributed by atoms with Crippen molar-refractivity contribution >= 4 is 5.91 Å². The number of halogens is 2. The highest BCUT2D eigenvalue weighted by atomic mass is 19.1. The van der Waals surface area contributed by atoms with Gasteiger partial charge >= 0.3 is 0 Å². The lowest BCUT2D eigenvalue weighted by Crippen LogP contribution is -2.40. The lowest BCUT2D eigenvalue weighted by molar-refractivity contribution is 0.0683. The minimum absolute atomic E-state index is 0.279. The van der Waals surface area contributed by atoms with Crippen molar-refractivity contribution in [3.8, 4) is 0 Å². The molecule has 1 aliphatic rings. The third-order valence-electron chi connectivity index (χ3n) is 3.73. The Kier molecular flexibility index (Phi) is 4.14. The van der Waals surface area contributed by atoms with E-state index < -0.39 is 23.1 Å². The second-order valence-electron chi connectivity index (χ2n) is 5.02. The first-order chi connectivity index (χ1) is 9.04. The molecular weight excluding hydrogens is 250 g/mol. The number of nitrogens with two attached hydrogens (primary N) is 1. The summed E-state index contributed by atoms with van der Waals surface area (Å²) in [5.41, 5.74) is 5.42. The smallest absolute Gasteiger partial charge is 0.259 e. The van der Waals surface area contributed by atoms with Crippen molar-refractivity contribution in [1.82, 2.24) is 4.90 Å². The van der Waals surface area contributed by atoms with Crippen LogP contribution in [0, 0.1) is 24.5 Å². The second-order valence-corrected chi connectivity index (χ2v) is 5.02. The van der Waals surface area contributed by atoms with E-state index in [4.69, 9.17) is 5.73 Å². The summed E-state index contributed by atoms with van der Waals surface area (Å²) in [5, 5.41) is 0. The summed E-state index contributed by atoms with van der Waals surface area (Å²) >= 11 is 0. The molecule has 2 rings (SSSR count). The topological polar surface area (TPSA) is 46.3 Å². The molecule has 0 radical (unpaired) electrons. The molecule has 1 saturated heterocycles. The average molecular weight is 268 g/mol. The highest BCUT2D eigenvalue weighted by Gasteiger charge is 2.27. The van der Waals surface area contributed by atoms with Gasteiger partial charge in [0.25, 0.3) is 5.91 Å². The molecule has 3 nitrogen and oxygen atoms in total. The quantitative estimate of drug-likeness (QED) is 0.892. The largest absolute Gasteiger partial charge is 0.338 e. The van der Waals surface area contributed by atoms with Crippen LogP contribution in [-0.2, 0) is 0 Å². The van der Waals surface area contributed by atoms with E-state index in [1.165, 1.54) is 17.9 Å². The van der Waals surface area contributed by atoms with Crippen molar-refractivity contribution in [3.05, 3.63) is 34.9 Å². The van der Waals surface area contributed by atoms with E-state index in [-0.39, 0.29) is 5.56 Å². The maximum atomic E-state index is 13.9. The lowest BCUT2D eigenvalue weighted by Gasteiger charge is -2.31. The molecule has 5 heteroatoms. The number of nitrogens with zero attached hydrogens (tertiary/aromatic N) is 1. The third kappa shape index (κ3) is 2.76. The number of hydrogen-bond donors (Lipinski definition) is 1. The van der Waals surface area contributed by atoms with Crippen LogP contribution in [0.2, 0.25) is 0 Å². The maximum Gasteiger partial charge on any atom is 0.259 e. The second kappa shape index (κ2) is 5.65. The van der Waals surface area contributed by atoms with Crippen molar-refractivity contribution in [2.24, 2.45) is 11.7 Å². The van der Waals surface area contributed by atoms with E-state index in [1.54, 1.807) is 0 Å². The Balaban J connectivity index is 2.19. The predicted octanol–water partition coefficient (Wildman–Crippen LogP) is 2.08. The van der Waals surface area contributed by atoms with E-state index in [9.17, 15) is 13.6 Å². The normalized spacial score (nSPS) is 16.7. The Labute approximate surface area is 111 Å². The first kappa shape index (κ1) is 13.9. The zero-order valence-corrected chi connectivity index (χ0v) is 11.0. The van der Waals surface area contributed by atoms with Gasteiger partial charge in [-0.3, -0.25) is 4.79 Å². The average Bonchev–Trinajstić information content (AvgIpc) is 2.43. The molecular formula is C14H18F2N2O. The highest BCUT2D eigenvalue weighted by molar-refractivity contribution is 5.95. The van der Waals surface area contributed by atoms with E-state index in [0.29, 0.717) is 25.6 Å². The summed E-state index contributed by atoms with van der Waals surface area (Å²) in [6.45, 7) is 3.13. The van der Waals surface area contributed by atoms with Crippen LogP contribution >= 0.6 is 0 Å². The molecule has 1 heterocycles. The molecule has 1 fully saturated rings. The van der Waals surface area contributed by atoms with Crippen molar-refractivity contribution in [2.45, 2.75) is 19.8 Å². The number of rotatable bonds is 2. The van der Waals surface area contributed by atoms with Gasteiger partial charge in [0.15, 0.2) is 0 Å². The molecule has 1 amide bonds. The van der Waals surface area contributed by atoms with Gasteiger partial charge in [-0.05, 0) is 43.9 Å². The third-order valence-corrected chi connectivity index (χ3v) is 3.73. The van der Waals surface area contributed by atoms with Crippen molar-refractivity contribution in [1.29, 1.82) is 0 Å². The van der Waals surface area contributed by atoms with Crippen LogP contribution in [0.1, 0.15) is 28.8 Å². The van der Waals surface area contributed by atoms with Crippen molar-refractivity contribution in [3.63, 3.8) is 0 Å². The monoisotopic (exact) mass is 268 g/mol. The van der Waals surface area contributed by atoms with Gasteiger partial charge in [0.1, 0.15) is 17.2 Å². The number of benzene rings is 1. The van der Waals surface area contributed by atoms with Gasteiger partial charge in [0, 0.05) is 13.1 Å². The summed E-state index contributed by atoms with van der Waals surface area (Å²) < 4.78 is 27.6. The molecule has 19 heavy (non-hydrogen) atoms. The van der Waals surface area contributed by atoms with Gasteiger partial charge in [0.2, 0.25) is 0 Å². The zero-order valence-electron chi connectivity index (χ0n) is 11.0. The minimum atomic E-state index is -0.797. The van der Waals surface area contributed by atoms with E-state index in [1.807, 2.05) is 0 Å². The standard InChI is InChI=1S/C14H18F2N2O/c1-9-2-3-11(15)12(13(9)16)14(19)18-6-4-10(8-17)5-7-18/h2-3,10H,4-8,17H2,1H3. The molecule has 1 aromatic rings. The summed E-state index contributed by atoms with van der Waals surface area (Å²) in [4.78, 5) is 13.7. The molecule has 2 N–H and O–H groups in total. The number of hydrogen-bond acceptors (Lipinski definition) is 2. The molecule has 0 spiro atoms. The lowest BCUT2D eigenvalue weighted by atomic mass is 9.96. The fourth-order valence-corrected chi connectivity index (χ4v) is 2.38. The Morgan fingerprint density at radius 1 is 1.37 bits per heavy atom. The summed E-state index contributed by atoms with van der Waals surface area (Å²) in [5.74, 6) is -1.72. The van der Waals surface area contributed by atoms with E-state index in [0.717, 1.165) is 18.9 Å². The van der Waals surface area contributed by atoms with Crippen LogP contribution in [0.15, 0.2) is 12.1 Å². The molecule has 104 valence electrons. The fourth-order valence-electron chi connectivity index (χ4n) is 2.38. The van der Waals surface area contributed by atoms with Gasteiger partial charge in [-0.25, -0.2) is 8.78 Å². The van der Waals surface area contributed by atoms with Gasteiger partial charge in [-0.15, -0.1) is 0 Å². The zero-order chi connectivity index (χ0) is 14.0. The van der Waals surface area contributed by atoms with Crippen LogP contribution in [-0.4, -0.2) is 30.4 Å². The van der Waals surface area contributed by atoms with Crippen LogP contribution in [0.25, 0.3) is 0 Å². The number of piperidine rings is 1. The summed E-state index contributed by atoms with van der Waals surface area (Å²) in [6.07, 6.45) is 1.58. The number of carbonyl (C=O) groups excluding carboxylic acids is 1. The molecule has 0 unspecified atom stereocenters. The summed E-state index contributed by atoms with van der Waals surface area (Å²) in [7, 11) is 0. The van der Waals surface area contributed by atoms with E-state index in [2.05, 4.69) is 0 Å². The van der Waals surface area contributed by atoms with Crippen LogP contribution in [0.4, 0.5) is 8.78 Å². The SMILES string of the molecule is Cc1ccc(F)c(C(=O)N2CCC(CN)CC2)c1F. The Hall–Kier alpha value is -1.49. The molecule has 0 aliphatic carbocycles. The highest BCUT2D eigenvalue weighted by Crippen LogP contribution is 2.22. The molecule has 0 atom stereocenters. The first-order valence-corrected chi connectivity index (χ1v) is 6.48. The number of likely N-dealkylation sites (tertiary alicyclic amines) is 1. The number of carbonyl (C=O) groups is 1. The number of aryl methyl sites for hydroxylation is 1. The van der Waals surface area contributed by atoms with Crippen molar-refractivity contribution < 1.29 is 13.6 Å². The Morgan fingerprint density at radius 3 is 2.58 bits per heavy atom. The van der Waals surface area contributed by atoms with Crippen molar-refractivity contribution in [2.75, 3.05) is 19.6 Å². The van der Waals surface area contributed by atoms with Gasteiger partial charge < -0.3 is 10.6 Å². The molecule has 1 aromatic carbocycles. The van der Waals surface area contributed by atoms with E-state index >= 15 is 0 Å². The Bertz CT molecular complexity index is 483. The van der Waals surface area contributed by atoms with Gasteiger partial charge in [0.05, 0.1) is 0 Å². The predicted molar refractivity (Wildman–Crippen MR) is 68.8 cm³/mol. The molecule has 1 aliphatic heterocycles.